The van der Waals surface area contributed by atoms with Gasteiger partial charge < -0.3 is 66.4 Å². The smallest absolute Gasteiger partial charge is 0.494 e. The molecular weight excluding hydrogens is 1610 g/mol. The first kappa shape index (κ1) is 87.5. The zero-order valence-corrected chi connectivity index (χ0v) is 69.5. The summed E-state index contributed by atoms with van der Waals surface area (Å²) in [6.45, 7) is 18.8. The lowest BCUT2D eigenvalue weighted by molar-refractivity contribution is 0.0251. The Hall–Kier alpha value is -10.1. The summed E-state index contributed by atoms with van der Waals surface area (Å²) in [4.78, 5) is 75.5. The molecule has 11 aromatic rings. The van der Waals surface area contributed by atoms with Crippen LogP contribution in [-0.2, 0) is 9.47 Å². The van der Waals surface area contributed by atoms with Gasteiger partial charge in [0.1, 0.15) is 73.2 Å². The molecular formula is C80H88BCl3IN13O14. The van der Waals surface area contributed by atoms with Crippen LogP contribution in [0.4, 0.5) is 0 Å². The quantitative estimate of drug-likeness (QED) is 0.0515. The van der Waals surface area contributed by atoms with Gasteiger partial charge in [-0.1, -0.05) is 64.7 Å². The number of carbonyl (C=O) groups is 3. The monoisotopic (exact) mass is 1700 g/mol. The number of furan rings is 3. The molecule has 2 aliphatic heterocycles. The average Bonchev–Trinajstić information content (AvgIpc) is 1.58. The third kappa shape index (κ3) is 21.4. The van der Waals surface area contributed by atoms with Crippen LogP contribution < -0.4 is 24.5 Å². The number of hydrogen-bond acceptors (Lipinski definition) is 24. The van der Waals surface area contributed by atoms with Gasteiger partial charge in [-0.05, 0) is 119 Å². The van der Waals surface area contributed by atoms with Crippen LogP contribution in [0.5, 0.6) is 23.0 Å². The molecule has 2 aliphatic rings. The number of carbonyl (C=O) groups excluding carboxylic acids is 3. The molecule has 0 atom stereocenters. The Morgan fingerprint density at radius 2 is 0.938 bits per heavy atom. The van der Waals surface area contributed by atoms with Crippen molar-refractivity contribution in [3.05, 3.63) is 168 Å². The number of nitrogens with zero attached hydrogens (tertiary/aromatic N) is 13. The molecule has 588 valence electrons. The van der Waals surface area contributed by atoms with E-state index in [4.69, 9.17) is 85.2 Å². The van der Waals surface area contributed by atoms with E-state index in [1.54, 1.807) is 89.9 Å². The largest absolute Gasteiger partial charge is 0.508 e. The summed E-state index contributed by atoms with van der Waals surface area (Å²) in [6.07, 6.45) is 13.1. The van der Waals surface area contributed by atoms with Crippen molar-refractivity contribution in [1.29, 1.82) is 10.5 Å². The standard InChI is InChI=1S/C30H31N5O5.C19H20ClN3O3.C11H13BN2O4.C11H12ClNO.C9H11IN2O.ClH/c1-17(2)20-16-32-22-13-26(28-25(37-5)12-18(15-33-28)30(36)35(3)4)40-29(22)27(20)21-6-7-24(23(14-31)34-21)39-19-8-10-38-11-9-19;1-10(2)12-9-21-13-7-15(26-18(13)16(12)20)17-14(25-5)6-11(8-22-17)19(24)23(3)4;13-7-9-10(1-2-11(14-9)12(15)16)18-8-3-5-17-6-4-8;1-6(2)8-5-13-9-4-7(3)14-11(9)10(8)12;1-6-4-7(5-11-8(6)10)9(13)12(2)3;/h6-7,12-13,15-17,19H,8-11H2,1-5H3;6-10H,1-5H3;1-2,8,15-16H,3-6H2;4-6H,1-3H3;4-5H,1-3H3;1H. The van der Waals surface area contributed by atoms with Gasteiger partial charge in [-0.3, -0.25) is 29.3 Å². The van der Waals surface area contributed by atoms with E-state index in [1.807, 2.05) is 64.4 Å². The Balaban J connectivity index is 0.000000188. The van der Waals surface area contributed by atoms with Gasteiger partial charge in [0, 0.05) is 123 Å². The lowest BCUT2D eigenvalue weighted by Gasteiger charge is -2.23. The van der Waals surface area contributed by atoms with Gasteiger partial charge in [0.2, 0.25) is 0 Å². The van der Waals surface area contributed by atoms with E-state index >= 15 is 0 Å². The molecule has 2 N–H and O–H groups in total. The summed E-state index contributed by atoms with van der Waals surface area (Å²) in [6, 6.07) is 21.3. The molecule has 0 saturated carbocycles. The summed E-state index contributed by atoms with van der Waals surface area (Å²) in [5, 5.41) is 38.1. The third-order valence-corrected chi connectivity index (χ3v) is 19.5. The van der Waals surface area contributed by atoms with Crippen molar-refractivity contribution < 1.29 is 66.1 Å². The Kier molecular flexibility index (Phi) is 31.2. The summed E-state index contributed by atoms with van der Waals surface area (Å²) >= 11 is 14.8. The van der Waals surface area contributed by atoms with E-state index in [0.717, 1.165) is 68.5 Å². The van der Waals surface area contributed by atoms with Crippen LogP contribution in [0.15, 0.2) is 111 Å². The highest BCUT2D eigenvalue weighted by Gasteiger charge is 2.27. The maximum absolute atomic E-state index is 12.4. The van der Waals surface area contributed by atoms with Crippen LogP contribution in [0.1, 0.15) is 155 Å². The van der Waals surface area contributed by atoms with Gasteiger partial charge in [0.05, 0.1) is 84.2 Å². The molecule has 27 nitrogen and oxygen atoms in total. The van der Waals surface area contributed by atoms with Gasteiger partial charge in [0.25, 0.3) is 17.7 Å². The molecule has 2 saturated heterocycles. The maximum Gasteiger partial charge on any atom is 0.508 e. The van der Waals surface area contributed by atoms with Crippen molar-refractivity contribution in [2.45, 2.75) is 111 Å². The Bertz CT molecular complexity index is 5240. The number of ether oxygens (including phenoxy) is 6. The van der Waals surface area contributed by atoms with Gasteiger partial charge in [-0.25, -0.2) is 24.9 Å². The molecule has 0 unspecified atom stereocenters. The van der Waals surface area contributed by atoms with E-state index in [2.05, 4.69) is 91.2 Å². The fraction of sp³-hybridized carbons (Fsp3) is 0.362. The maximum atomic E-state index is 12.4. The molecule has 13 rings (SSSR count). The number of amides is 3. The van der Waals surface area contributed by atoms with Crippen LogP contribution in [0.2, 0.25) is 10.0 Å². The zero-order valence-electron chi connectivity index (χ0n) is 65.0. The second-order valence-corrected chi connectivity index (χ2v) is 29.2. The van der Waals surface area contributed by atoms with E-state index in [-0.39, 0.29) is 71.2 Å². The van der Waals surface area contributed by atoms with Crippen molar-refractivity contribution in [2.75, 3.05) is 82.9 Å². The SMILES string of the molecule is COc1cc(C(=O)N(C)C)cnc1-c1cc2ncc(C(C)C)c(-c3ccc(OC4CCOCC4)c(C#N)n3)c2o1.COc1cc(C(=O)N(C)C)cnc1-c1cc2ncc(C(C)C)c(Cl)c2o1.Cc1cc(C(=O)N(C)C)cnc1I.Cc1cc2ncc(C(C)C)c(Cl)c2o1.Cl.N#Cc1nc(B(O)O)ccc1OC1CCOCC1. The summed E-state index contributed by atoms with van der Waals surface area (Å²) < 4.78 is 52.2. The van der Waals surface area contributed by atoms with Gasteiger partial charge in [-0.2, -0.15) is 10.5 Å². The predicted molar refractivity (Wildman–Crippen MR) is 437 cm³/mol. The molecule has 3 amide bonds. The zero-order chi connectivity index (χ0) is 80.7. The number of fused-ring (bicyclic) bond motifs is 3. The lowest BCUT2D eigenvalue weighted by Crippen LogP contribution is -2.33. The minimum atomic E-state index is -1.69. The van der Waals surface area contributed by atoms with Crippen molar-refractivity contribution in [1.82, 2.24) is 54.6 Å². The van der Waals surface area contributed by atoms with Crippen LogP contribution in [0.3, 0.4) is 0 Å². The average molecular weight is 1700 g/mol. The first-order valence-electron chi connectivity index (χ1n) is 35.5. The Labute approximate surface area is 679 Å². The highest BCUT2D eigenvalue weighted by atomic mass is 127. The number of nitriles is 2. The predicted octanol–water partition coefficient (Wildman–Crippen LogP) is 14.8. The summed E-state index contributed by atoms with van der Waals surface area (Å²) in [7, 11) is 11.5. The van der Waals surface area contributed by atoms with Crippen LogP contribution in [0, 0.1) is 40.2 Å². The second-order valence-electron chi connectivity index (χ2n) is 27.4. The highest BCUT2D eigenvalue weighted by molar-refractivity contribution is 14.1. The Morgan fingerprint density at radius 3 is 1.37 bits per heavy atom. The minimum absolute atomic E-state index is 0. The number of rotatable bonds is 16. The van der Waals surface area contributed by atoms with Gasteiger partial charge in [-0.15, -0.1) is 12.4 Å². The second kappa shape index (κ2) is 39.9. The third-order valence-electron chi connectivity index (χ3n) is 17.6. The molecule has 0 bridgehead atoms. The number of aryl methyl sites for hydroxylation is 2. The van der Waals surface area contributed by atoms with Crippen LogP contribution in [-0.4, -0.2) is 185 Å². The number of aromatic nitrogens is 8. The molecule has 0 radical (unpaired) electrons. The van der Waals surface area contributed by atoms with Crippen molar-refractivity contribution in [3.8, 4) is 69.3 Å². The topological polar surface area (TPSA) is 347 Å². The first-order chi connectivity index (χ1) is 52.9. The lowest BCUT2D eigenvalue weighted by atomic mass is 9.85. The molecule has 13 heterocycles. The number of hydrogen-bond donors (Lipinski definition) is 2. The van der Waals surface area contributed by atoms with Crippen LogP contribution in [0.25, 0.3) is 67.5 Å². The molecule has 112 heavy (non-hydrogen) atoms. The molecule has 11 aromatic heterocycles. The molecule has 2 fully saturated rings. The Morgan fingerprint density at radius 1 is 0.536 bits per heavy atom. The summed E-state index contributed by atoms with van der Waals surface area (Å²) in [5.41, 5.74) is 11.8. The normalized spacial score (nSPS) is 12.7. The molecule has 32 heteroatoms. The van der Waals surface area contributed by atoms with Crippen molar-refractivity contribution in [2.24, 2.45) is 0 Å². The fourth-order valence-electron chi connectivity index (χ4n) is 11.5. The van der Waals surface area contributed by atoms with Gasteiger partial charge in [0.15, 0.2) is 51.2 Å². The van der Waals surface area contributed by atoms with E-state index in [0.29, 0.717) is 138 Å². The number of methoxy groups -OCH3 is 2. The van der Waals surface area contributed by atoms with Crippen molar-refractivity contribution >= 4 is 122 Å². The van der Waals surface area contributed by atoms with Crippen molar-refractivity contribution in [3.63, 3.8) is 0 Å². The first-order valence-corrected chi connectivity index (χ1v) is 37.4. The molecule has 0 aromatic carbocycles. The summed E-state index contributed by atoms with van der Waals surface area (Å²) in [5.74, 6) is 3.79. The minimum Gasteiger partial charge on any atom is -0.494 e. The van der Waals surface area contributed by atoms with Crippen LogP contribution >= 0.6 is 58.2 Å². The molecule has 0 spiro atoms. The number of halogens is 4. The highest BCUT2D eigenvalue weighted by Crippen LogP contribution is 2.42. The van der Waals surface area contributed by atoms with E-state index in [9.17, 15) is 19.6 Å². The number of pyridine rings is 8. The molecule has 0 aliphatic carbocycles. The fourth-order valence-corrected chi connectivity index (χ4v) is 12.6. The van der Waals surface area contributed by atoms with E-state index < -0.39 is 7.12 Å². The van der Waals surface area contributed by atoms with E-state index in [1.165, 1.54) is 48.5 Å². The van der Waals surface area contributed by atoms with Gasteiger partial charge >= 0.3 is 7.12 Å².